The Bertz CT molecular complexity index is 3590. The highest BCUT2D eigenvalue weighted by Gasteiger charge is 2.22. The van der Waals surface area contributed by atoms with Crippen LogP contribution in [0.3, 0.4) is 0 Å². The highest BCUT2D eigenvalue weighted by molar-refractivity contribution is 6.38. The zero-order valence-electron chi connectivity index (χ0n) is 33.2. The van der Waals surface area contributed by atoms with E-state index in [1.807, 2.05) is 12.1 Å². The minimum absolute atomic E-state index is 0.696. The summed E-state index contributed by atoms with van der Waals surface area (Å²) < 4.78 is 2.45. The molecule has 0 aliphatic carbocycles. The average molecular weight is 776 g/mol. The first-order valence-corrected chi connectivity index (χ1v) is 20.8. The Morgan fingerprint density at radius 3 is 1.46 bits per heavy atom. The molecule has 0 atom stereocenters. The molecule has 10 aromatic carbocycles. The average Bonchev–Trinajstić information content (AvgIpc) is 3.70. The predicted octanol–water partition coefficient (Wildman–Crippen LogP) is 15.4. The van der Waals surface area contributed by atoms with Gasteiger partial charge in [-0.3, -0.25) is 0 Å². The van der Waals surface area contributed by atoms with Gasteiger partial charge in [0.05, 0.1) is 22.4 Å². The maximum Gasteiger partial charge on any atom is 0.160 e. The van der Waals surface area contributed by atoms with Crippen molar-refractivity contribution < 1.29 is 0 Å². The normalized spacial score (nSPS) is 11.6. The number of hydrogen-bond acceptors (Lipinski definition) is 2. The lowest BCUT2D eigenvalue weighted by molar-refractivity contribution is 1.18. The molecule has 3 heteroatoms. The molecule has 2 heterocycles. The molecule has 2 aromatic heterocycles. The van der Waals surface area contributed by atoms with Gasteiger partial charge in [-0.05, 0) is 74.1 Å². The van der Waals surface area contributed by atoms with E-state index < -0.39 is 0 Å². The van der Waals surface area contributed by atoms with E-state index in [9.17, 15) is 0 Å². The van der Waals surface area contributed by atoms with Gasteiger partial charge in [0.25, 0.3) is 0 Å². The van der Waals surface area contributed by atoms with Crippen LogP contribution in [0.2, 0.25) is 0 Å². The summed E-state index contributed by atoms with van der Waals surface area (Å²) >= 11 is 0. The maximum absolute atomic E-state index is 5.19. The Balaban J connectivity index is 1.03. The number of para-hydroxylation sites is 2. The molecule has 0 fully saturated rings. The molecule has 0 unspecified atom stereocenters. The number of nitrogens with zero attached hydrogens (tertiary/aromatic N) is 3. The van der Waals surface area contributed by atoms with E-state index in [-0.39, 0.29) is 0 Å². The van der Waals surface area contributed by atoms with Gasteiger partial charge >= 0.3 is 0 Å². The van der Waals surface area contributed by atoms with Crippen molar-refractivity contribution in [2.45, 2.75) is 0 Å². The summed E-state index contributed by atoms with van der Waals surface area (Å²) in [7, 11) is 0. The van der Waals surface area contributed by atoms with Crippen LogP contribution in [0.25, 0.3) is 116 Å². The second-order valence-corrected chi connectivity index (χ2v) is 15.7. The summed E-state index contributed by atoms with van der Waals surface area (Å²) in [5.74, 6) is 0.696. The second kappa shape index (κ2) is 14.3. The fraction of sp³-hybridized carbons (Fsp3) is 0. The van der Waals surface area contributed by atoms with Crippen LogP contribution in [-0.2, 0) is 0 Å². The molecule has 0 spiro atoms. The molecule has 12 aromatic rings. The van der Waals surface area contributed by atoms with Crippen molar-refractivity contribution in [3.8, 4) is 61.8 Å². The first-order chi connectivity index (χ1) is 30.3. The topological polar surface area (TPSA) is 30.7 Å². The van der Waals surface area contributed by atoms with Gasteiger partial charge in [0.2, 0.25) is 0 Å². The van der Waals surface area contributed by atoms with Crippen LogP contribution < -0.4 is 0 Å². The highest BCUT2D eigenvalue weighted by atomic mass is 15.0. The fourth-order valence-electron chi connectivity index (χ4n) is 9.36. The molecule has 0 saturated heterocycles. The van der Waals surface area contributed by atoms with Gasteiger partial charge in [-0.15, -0.1) is 0 Å². The minimum atomic E-state index is 0.696. The molecular weight excluding hydrogens is 739 g/mol. The van der Waals surface area contributed by atoms with Gasteiger partial charge in [0.1, 0.15) is 0 Å². The van der Waals surface area contributed by atoms with Crippen molar-refractivity contribution in [2.24, 2.45) is 0 Å². The zero-order chi connectivity index (χ0) is 40.3. The monoisotopic (exact) mass is 775 g/mol. The molecule has 12 rings (SSSR count). The van der Waals surface area contributed by atoms with Crippen molar-refractivity contribution in [2.75, 3.05) is 0 Å². The van der Waals surface area contributed by atoms with E-state index in [4.69, 9.17) is 9.97 Å². The molecule has 0 saturated carbocycles. The summed E-state index contributed by atoms with van der Waals surface area (Å²) in [6, 6.07) is 80.3. The predicted molar refractivity (Wildman–Crippen MR) is 256 cm³/mol. The number of hydrogen-bond donors (Lipinski definition) is 0. The van der Waals surface area contributed by atoms with Crippen molar-refractivity contribution >= 4 is 54.1 Å². The molecule has 0 radical (unpaired) electrons. The number of rotatable bonds is 6. The van der Waals surface area contributed by atoms with Crippen LogP contribution in [0.1, 0.15) is 0 Å². The van der Waals surface area contributed by atoms with Crippen molar-refractivity contribution in [3.63, 3.8) is 0 Å². The molecule has 0 N–H and O–H groups in total. The highest BCUT2D eigenvalue weighted by Crippen LogP contribution is 2.47. The first-order valence-electron chi connectivity index (χ1n) is 20.8. The standard InChI is InChI=1S/C58H37N3/c1-4-16-38(17-5-1)39-28-32-42(33-29-39)53-37-52(41-18-6-2-7-19-41)59-58(60-53)43-34-30-40(31-35-43)50-36-51-46-23-11-13-25-48(46)57-56(55(51)47-24-12-10-22-45(47)50)49-26-14-15-27-54(49)61(57)44-20-8-3-9-21-44/h1-37H. The lowest BCUT2D eigenvalue weighted by Gasteiger charge is -2.16. The van der Waals surface area contributed by atoms with Crippen LogP contribution in [0.5, 0.6) is 0 Å². The second-order valence-electron chi connectivity index (χ2n) is 15.7. The van der Waals surface area contributed by atoms with Crippen molar-refractivity contribution in [3.05, 3.63) is 224 Å². The quantitative estimate of drug-likeness (QED) is 0.158. The van der Waals surface area contributed by atoms with Gasteiger partial charge in [-0.2, -0.15) is 0 Å². The number of aromatic nitrogens is 3. The van der Waals surface area contributed by atoms with Crippen molar-refractivity contribution in [1.29, 1.82) is 0 Å². The third kappa shape index (κ3) is 5.82. The van der Waals surface area contributed by atoms with E-state index in [1.54, 1.807) is 0 Å². The van der Waals surface area contributed by atoms with E-state index >= 15 is 0 Å². The van der Waals surface area contributed by atoms with Crippen LogP contribution in [0.4, 0.5) is 0 Å². The minimum Gasteiger partial charge on any atom is -0.309 e. The third-order valence-corrected chi connectivity index (χ3v) is 12.2. The third-order valence-electron chi connectivity index (χ3n) is 12.2. The molecule has 61 heavy (non-hydrogen) atoms. The lowest BCUT2D eigenvalue weighted by Crippen LogP contribution is -1.96. The molecular formula is C58H37N3. The fourth-order valence-corrected chi connectivity index (χ4v) is 9.36. The summed E-state index contributed by atoms with van der Waals surface area (Å²) in [5.41, 5.74) is 13.2. The van der Waals surface area contributed by atoms with E-state index in [1.165, 1.54) is 70.8 Å². The van der Waals surface area contributed by atoms with E-state index in [0.717, 1.165) is 39.3 Å². The van der Waals surface area contributed by atoms with Crippen LogP contribution in [0, 0.1) is 0 Å². The summed E-state index contributed by atoms with van der Waals surface area (Å²) in [4.78, 5) is 10.4. The largest absolute Gasteiger partial charge is 0.309 e. The smallest absolute Gasteiger partial charge is 0.160 e. The molecule has 0 aliphatic rings. The summed E-state index contributed by atoms with van der Waals surface area (Å²) in [6.07, 6.45) is 0. The zero-order valence-corrected chi connectivity index (χ0v) is 33.2. The molecule has 0 bridgehead atoms. The molecule has 3 nitrogen and oxygen atoms in total. The first kappa shape index (κ1) is 34.9. The van der Waals surface area contributed by atoms with E-state index in [2.05, 4.69) is 217 Å². The SMILES string of the molecule is c1ccc(-c2ccc(-c3cc(-c4ccccc4)nc(-c4ccc(-c5cc6c7ccccc7c7c(c8ccccc8n7-c7ccccc7)c6c6ccccc56)cc4)n3)cc2)cc1. The Morgan fingerprint density at radius 1 is 0.295 bits per heavy atom. The van der Waals surface area contributed by atoms with Crippen LogP contribution >= 0.6 is 0 Å². The van der Waals surface area contributed by atoms with E-state index in [0.29, 0.717) is 5.82 Å². The number of benzene rings is 10. The Morgan fingerprint density at radius 2 is 0.770 bits per heavy atom. The maximum atomic E-state index is 5.19. The van der Waals surface area contributed by atoms with Crippen LogP contribution in [-0.4, -0.2) is 14.5 Å². The Hall–Kier alpha value is -8.14. The van der Waals surface area contributed by atoms with Gasteiger partial charge < -0.3 is 4.57 Å². The summed E-state index contributed by atoms with van der Waals surface area (Å²) in [6.45, 7) is 0. The molecule has 0 aliphatic heterocycles. The van der Waals surface area contributed by atoms with Gasteiger partial charge in [-0.25, -0.2) is 9.97 Å². The number of fused-ring (bicyclic) bond motifs is 10. The molecule has 0 amide bonds. The summed E-state index contributed by atoms with van der Waals surface area (Å²) in [5, 5.41) is 10.0. The lowest BCUT2D eigenvalue weighted by atomic mass is 9.88. The van der Waals surface area contributed by atoms with Crippen molar-refractivity contribution in [1.82, 2.24) is 14.5 Å². The Labute approximate surface area is 353 Å². The van der Waals surface area contributed by atoms with Gasteiger partial charge in [-0.1, -0.05) is 194 Å². The van der Waals surface area contributed by atoms with Gasteiger partial charge in [0, 0.05) is 43.9 Å². The van der Waals surface area contributed by atoms with Gasteiger partial charge in [0.15, 0.2) is 5.82 Å². The molecule has 284 valence electrons. The van der Waals surface area contributed by atoms with Crippen LogP contribution in [0.15, 0.2) is 224 Å². The Kier molecular flexibility index (Phi) is 8.17.